The molecule has 206 valence electrons. The van der Waals surface area contributed by atoms with Crippen molar-refractivity contribution in [2.24, 2.45) is 0 Å². The second-order valence-corrected chi connectivity index (χ2v) is 10.1. The van der Waals surface area contributed by atoms with Gasteiger partial charge in [-0.25, -0.2) is 0 Å². The number of amides is 1. The molecule has 1 atom stereocenters. The normalized spacial score (nSPS) is 15.6. The summed E-state index contributed by atoms with van der Waals surface area (Å²) in [4.78, 5) is 29.7. The Morgan fingerprint density at radius 1 is 0.900 bits per heavy atom. The van der Waals surface area contributed by atoms with E-state index in [1.54, 1.807) is 4.90 Å². The van der Waals surface area contributed by atoms with Crippen molar-refractivity contribution < 1.29 is 28.2 Å². The number of carbonyl (C=O) groups is 1. The maximum absolute atomic E-state index is 14.1. The van der Waals surface area contributed by atoms with Crippen molar-refractivity contribution in [3.05, 3.63) is 92.3 Å². The van der Waals surface area contributed by atoms with Crippen LogP contribution in [0.1, 0.15) is 64.7 Å². The smallest absolute Gasteiger partial charge is 0.291 e. The molecule has 0 spiro atoms. The molecule has 1 amide bonds. The van der Waals surface area contributed by atoms with Crippen LogP contribution in [-0.4, -0.2) is 30.8 Å². The van der Waals surface area contributed by atoms with E-state index in [2.05, 4.69) is 0 Å². The average Bonchev–Trinajstić information content (AvgIpc) is 3.52. The SMILES string of the molecule is CCCOc1ccc(C2c3c(oc4cc(C)c(C)cc4c3=O)C(=O)N2Cc2ccc3c(c2)OCO3)cc1OCC. The monoisotopic (exact) mass is 541 g/mol. The highest BCUT2D eigenvalue weighted by Crippen LogP contribution is 2.43. The van der Waals surface area contributed by atoms with Gasteiger partial charge in [-0.05, 0) is 85.8 Å². The van der Waals surface area contributed by atoms with Crippen molar-refractivity contribution in [2.75, 3.05) is 20.0 Å². The van der Waals surface area contributed by atoms with Crippen LogP contribution in [0.5, 0.6) is 23.0 Å². The van der Waals surface area contributed by atoms with Crippen molar-refractivity contribution in [2.45, 2.75) is 46.7 Å². The van der Waals surface area contributed by atoms with Crippen molar-refractivity contribution in [3.63, 3.8) is 0 Å². The molecule has 8 nitrogen and oxygen atoms in total. The van der Waals surface area contributed by atoms with E-state index in [1.165, 1.54) is 0 Å². The number of hydrogen-bond acceptors (Lipinski definition) is 7. The first-order valence-electron chi connectivity index (χ1n) is 13.6. The number of ether oxygens (including phenoxy) is 4. The van der Waals surface area contributed by atoms with Gasteiger partial charge in [-0.2, -0.15) is 0 Å². The number of nitrogens with zero attached hydrogens (tertiary/aromatic N) is 1. The summed E-state index contributed by atoms with van der Waals surface area (Å²) in [7, 11) is 0. The number of carbonyl (C=O) groups excluding carboxylic acids is 1. The highest BCUT2D eigenvalue weighted by atomic mass is 16.7. The lowest BCUT2D eigenvalue weighted by molar-refractivity contribution is 0.0714. The molecule has 0 radical (unpaired) electrons. The topological polar surface area (TPSA) is 87.4 Å². The van der Waals surface area contributed by atoms with Crippen LogP contribution in [0.15, 0.2) is 57.7 Å². The lowest BCUT2D eigenvalue weighted by Gasteiger charge is -2.26. The molecule has 8 heteroatoms. The molecule has 2 aliphatic rings. The second-order valence-electron chi connectivity index (χ2n) is 10.1. The standard InChI is InChI=1S/C32H31NO7/c1-5-11-37-23-10-8-21(15-27(23)36-6-2)29-28-30(34)22-12-18(3)19(4)13-25(22)40-31(28)32(35)33(29)16-20-7-9-24-26(14-20)39-17-38-24/h7-10,12-15,29H,5-6,11,16-17H2,1-4H3. The number of aryl methyl sites for hydroxylation is 2. The molecule has 0 fully saturated rings. The Hall–Kier alpha value is -4.46. The van der Waals surface area contributed by atoms with Crippen LogP contribution in [0.3, 0.4) is 0 Å². The maximum Gasteiger partial charge on any atom is 0.291 e. The van der Waals surface area contributed by atoms with Gasteiger partial charge < -0.3 is 28.3 Å². The van der Waals surface area contributed by atoms with Crippen LogP contribution in [0.4, 0.5) is 0 Å². The first-order valence-corrected chi connectivity index (χ1v) is 13.6. The molecule has 0 N–H and O–H groups in total. The Bertz CT molecular complexity index is 1690. The summed E-state index contributed by atoms with van der Waals surface area (Å²) in [6, 6.07) is 14.1. The van der Waals surface area contributed by atoms with Crippen LogP contribution in [0.25, 0.3) is 11.0 Å². The summed E-state index contributed by atoms with van der Waals surface area (Å²) in [5.41, 5.74) is 4.05. The predicted octanol–water partition coefficient (Wildman–Crippen LogP) is 6.07. The summed E-state index contributed by atoms with van der Waals surface area (Å²) in [5.74, 6) is 2.19. The number of benzene rings is 3. The van der Waals surface area contributed by atoms with E-state index in [0.717, 1.165) is 28.7 Å². The van der Waals surface area contributed by atoms with E-state index >= 15 is 0 Å². The minimum absolute atomic E-state index is 0.0655. The molecule has 0 saturated carbocycles. The Labute approximate surface area is 232 Å². The van der Waals surface area contributed by atoms with Crippen LogP contribution in [0.2, 0.25) is 0 Å². The highest BCUT2D eigenvalue weighted by Gasteiger charge is 2.43. The fraction of sp³-hybridized carbons (Fsp3) is 0.312. The lowest BCUT2D eigenvalue weighted by atomic mass is 9.97. The van der Waals surface area contributed by atoms with E-state index in [4.69, 9.17) is 23.4 Å². The first-order chi connectivity index (χ1) is 19.4. The van der Waals surface area contributed by atoms with E-state index in [0.29, 0.717) is 52.7 Å². The Morgan fingerprint density at radius 2 is 1.70 bits per heavy atom. The fourth-order valence-corrected chi connectivity index (χ4v) is 5.32. The first kappa shape index (κ1) is 25.8. The summed E-state index contributed by atoms with van der Waals surface area (Å²) in [6.07, 6.45) is 0.855. The zero-order valence-electron chi connectivity index (χ0n) is 23.0. The second kappa shape index (κ2) is 10.3. The van der Waals surface area contributed by atoms with Crippen molar-refractivity contribution in [1.29, 1.82) is 0 Å². The lowest BCUT2D eigenvalue weighted by Crippen LogP contribution is -2.29. The highest BCUT2D eigenvalue weighted by molar-refractivity contribution is 5.99. The van der Waals surface area contributed by atoms with Gasteiger partial charge in [0, 0.05) is 6.54 Å². The van der Waals surface area contributed by atoms with Gasteiger partial charge >= 0.3 is 0 Å². The van der Waals surface area contributed by atoms with E-state index in [9.17, 15) is 9.59 Å². The average molecular weight is 542 g/mol. The Kier molecular flexibility index (Phi) is 6.62. The van der Waals surface area contributed by atoms with Gasteiger partial charge in [-0.15, -0.1) is 0 Å². The molecule has 3 heterocycles. The van der Waals surface area contributed by atoms with E-state index in [-0.39, 0.29) is 30.4 Å². The Morgan fingerprint density at radius 3 is 2.50 bits per heavy atom. The molecule has 4 aromatic rings. The van der Waals surface area contributed by atoms with Crippen LogP contribution >= 0.6 is 0 Å². The molecular formula is C32H31NO7. The molecule has 6 rings (SSSR count). The van der Waals surface area contributed by atoms with Crippen LogP contribution in [0, 0.1) is 13.8 Å². The van der Waals surface area contributed by atoms with Gasteiger partial charge in [0.25, 0.3) is 5.91 Å². The molecule has 0 aliphatic carbocycles. The quantitative estimate of drug-likeness (QED) is 0.268. The minimum Gasteiger partial charge on any atom is -0.490 e. The summed E-state index contributed by atoms with van der Waals surface area (Å²) < 4.78 is 29.0. The summed E-state index contributed by atoms with van der Waals surface area (Å²) in [6.45, 7) is 9.24. The van der Waals surface area contributed by atoms with Gasteiger partial charge in [-0.1, -0.05) is 19.1 Å². The molecule has 0 bridgehead atoms. The third kappa shape index (κ3) is 4.33. The van der Waals surface area contributed by atoms with Gasteiger partial charge in [0.05, 0.1) is 30.2 Å². The number of hydrogen-bond donors (Lipinski definition) is 0. The largest absolute Gasteiger partial charge is 0.490 e. The molecule has 2 aliphatic heterocycles. The van der Waals surface area contributed by atoms with Crippen LogP contribution < -0.4 is 24.4 Å². The number of rotatable bonds is 8. The minimum atomic E-state index is -0.686. The van der Waals surface area contributed by atoms with Gasteiger partial charge in [-0.3, -0.25) is 9.59 Å². The van der Waals surface area contributed by atoms with Crippen molar-refractivity contribution >= 4 is 16.9 Å². The molecular weight excluding hydrogens is 510 g/mol. The molecule has 1 aromatic heterocycles. The van der Waals surface area contributed by atoms with Crippen molar-refractivity contribution in [3.8, 4) is 23.0 Å². The molecule has 0 saturated heterocycles. The third-order valence-corrected chi connectivity index (χ3v) is 7.42. The van der Waals surface area contributed by atoms with E-state index < -0.39 is 6.04 Å². The van der Waals surface area contributed by atoms with Crippen molar-refractivity contribution in [1.82, 2.24) is 4.90 Å². The van der Waals surface area contributed by atoms with Gasteiger partial charge in [0.15, 0.2) is 28.4 Å². The zero-order valence-corrected chi connectivity index (χ0v) is 23.0. The van der Waals surface area contributed by atoms with Crippen LogP contribution in [-0.2, 0) is 6.54 Å². The predicted molar refractivity (Wildman–Crippen MR) is 150 cm³/mol. The van der Waals surface area contributed by atoms with Gasteiger partial charge in [0.1, 0.15) is 5.58 Å². The maximum atomic E-state index is 14.1. The molecule has 3 aromatic carbocycles. The number of fused-ring (bicyclic) bond motifs is 3. The van der Waals surface area contributed by atoms with E-state index in [1.807, 2.05) is 76.2 Å². The zero-order chi connectivity index (χ0) is 28.0. The third-order valence-electron chi connectivity index (χ3n) is 7.42. The Balaban J connectivity index is 1.51. The summed E-state index contributed by atoms with van der Waals surface area (Å²) >= 11 is 0. The van der Waals surface area contributed by atoms with Gasteiger partial charge in [0.2, 0.25) is 12.6 Å². The molecule has 1 unspecified atom stereocenters. The molecule has 40 heavy (non-hydrogen) atoms. The summed E-state index contributed by atoms with van der Waals surface area (Å²) in [5, 5.41) is 0.456. The fourth-order valence-electron chi connectivity index (χ4n) is 5.32.